The summed E-state index contributed by atoms with van der Waals surface area (Å²) in [5.74, 6) is -0.105. The van der Waals surface area contributed by atoms with Gasteiger partial charge >= 0.3 is 5.97 Å². The van der Waals surface area contributed by atoms with E-state index in [2.05, 4.69) is 12.1 Å². The van der Waals surface area contributed by atoms with Crippen molar-refractivity contribution in [1.82, 2.24) is 4.90 Å². The molecule has 1 atom stereocenters. The number of hydrogen-bond donors (Lipinski definition) is 1. The molecule has 0 aromatic heterocycles. The fraction of sp³-hybridized carbons (Fsp3) is 0.381. The molecule has 0 aliphatic rings. The summed E-state index contributed by atoms with van der Waals surface area (Å²) in [6.07, 6.45) is 1.61. The molecular weight excluding hydrogens is 330 g/mol. The minimum atomic E-state index is -0.425. The van der Waals surface area contributed by atoms with Gasteiger partial charge in [0.2, 0.25) is 0 Å². The number of hydrogen-bond acceptors (Lipinski definition) is 5. The molecule has 0 saturated heterocycles. The Morgan fingerprint density at radius 2 is 1.88 bits per heavy atom. The van der Waals surface area contributed by atoms with E-state index in [4.69, 9.17) is 9.47 Å². The molecule has 0 spiro atoms. The highest BCUT2D eigenvalue weighted by atomic mass is 16.5. The van der Waals surface area contributed by atoms with E-state index in [0.29, 0.717) is 17.9 Å². The van der Waals surface area contributed by atoms with Crippen molar-refractivity contribution < 1.29 is 19.4 Å². The largest absolute Gasteiger partial charge is 0.504 e. The van der Waals surface area contributed by atoms with Crippen LogP contribution in [0.3, 0.4) is 0 Å². The van der Waals surface area contributed by atoms with Crippen LogP contribution in [0, 0.1) is 0 Å². The summed E-state index contributed by atoms with van der Waals surface area (Å²) in [6.45, 7) is 2.74. The van der Waals surface area contributed by atoms with Crippen molar-refractivity contribution in [1.29, 1.82) is 0 Å². The monoisotopic (exact) mass is 357 g/mol. The molecule has 0 heterocycles. The van der Waals surface area contributed by atoms with E-state index < -0.39 is 5.97 Å². The van der Waals surface area contributed by atoms with Crippen molar-refractivity contribution in [3.05, 3.63) is 59.7 Å². The van der Waals surface area contributed by atoms with Gasteiger partial charge in [0, 0.05) is 6.04 Å². The number of carbonyl (C=O) groups is 1. The Balaban J connectivity index is 1.99. The van der Waals surface area contributed by atoms with Gasteiger partial charge in [-0.15, -0.1) is 0 Å². The first-order valence-electron chi connectivity index (χ1n) is 8.84. The second-order valence-electron chi connectivity index (χ2n) is 6.44. The van der Waals surface area contributed by atoms with Crippen molar-refractivity contribution in [2.24, 2.45) is 0 Å². The third-order valence-corrected chi connectivity index (χ3v) is 4.11. The second kappa shape index (κ2) is 9.82. The quantitative estimate of drug-likeness (QED) is 0.696. The first kappa shape index (κ1) is 19.8. The summed E-state index contributed by atoms with van der Waals surface area (Å²) >= 11 is 0. The van der Waals surface area contributed by atoms with Crippen molar-refractivity contribution >= 4 is 5.97 Å². The molecule has 0 bridgehead atoms. The van der Waals surface area contributed by atoms with Gasteiger partial charge in [-0.25, -0.2) is 4.79 Å². The van der Waals surface area contributed by atoms with Gasteiger partial charge in [0.1, 0.15) is 6.61 Å². The summed E-state index contributed by atoms with van der Waals surface area (Å²) in [5, 5.41) is 9.81. The van der Waals surface area contributed by atoms with E-state index in [1.54, 1.807) is 6.07 Å². The molecule has 2 aromatic carbocycles. The molecule has 5 nitrogen and oxygen atoms in total. The highest BCUT2D eigenvalue weighted by molar-refractivity contribution is 5.90. The first-order valence-corrected chi connectivity index (χ1v) is 8.84. The Labute approximate surface area is 155 Å². The van der Waals surface area contributed by atoms with Crippen LogP contribution in [-0.2, 0) is 11.2 Å². The molecule has 0 aliphatic heterocycles. The fourth-order valence-electron chi connectivity index (χ4n) is 2.50. The van der Waals surface area contributed by atoms with E-state index in [1.165, 1.54) is 17.7 Å². The van der Waals surface area contributed by atoms with Crippen LogP contribution in [0.1, 0.15) is 29.3 Å². The van der Waals surface area contributed by atoms with Crippen LogP contribution in [0.2, 0.25) is 0 Å². The standard InChI is InChI=1S/C21H27NO4/c1-4-12-25-20-14-17(10-11-19(20)23)21(24)26-15-18(22(2)3)13-16-8-6-5-7-9-16/h5-11,14,18,23H,4,12-13,15H2,1-3H3/t18-/m0/s1. The smallest absolute Gasteiger partial charge is 0.338 e. The number of rotatable bonds is 9. The van der Waals surface area contributed by atoms with Gasteiger partial charge in [-0.2, -0.15) is 0 Å². The van der Waals surface area contributed by atoms with E-state index >= 15 is 0 Å². The van der Waals surface area contributed by atoms with Gasteiger partial charge in [0.05, 0.1) is 12.2 Å². The molecule has 0 saturated carbocycles. The molecular formula is C21H27NO4. The van der Waals surface area contributed by atoms with Crippen LogP contribution in [-0.4, -0.2) is 49.3 Å². The summed E-state index contributed by atoms with van der Waals surface area (Å²) in [5.41, 5.74) is 1.56. The Kier molecular flexibility index (Phi) is 7.48. The second-order valence-corrected chi connectivity index (χ2v) is 6.44. The predicted octanol–water partition coefficient (Wildman–Crippen LogP) is 3.51. The first-order chi connectivity index (χ1) is 12.5. The lowest BCUT2D eigenvalue weighted by Crippen LogP contribution is -2.35. The number of ether oxygens (including phenoxy) is 2. The Bertz CT molecular complexity index is 700. The molecule has 0 amide bonds. The molecule has 2 rings (SSSR count). The number of esters is 1. The van der Waals surface area contributed by atoms with Gasteiger partial charge in [0.25, 0.3) is 0 Å². The van der Waals surface area contributed by atoms with E-state index in [0.717, 1.165) is 12.8 Å². The van der Waals surface area contributed by atoms with Crippen molar-refractivity contribution in [3.63, 3.8) is 0 Å². The Morgan fingerprint density at radius 1 is 1.15 bits per heavy atom. The number of aromatic hydroxyl groups is 1. The zero-order valence-electron chi connectivity index (χ0n) is 15.6. The molecule has 140 valence electrons. The third kappa shape index (κ3) is 5.77. The number of phenolic OH excluding ortho intramolecular Hbond substituents is 1. The van der Waals surface area contributed by atoms with Crippen molar-refractivity contribution in [2.45, 2.75) is 25.8 Å². The Hall–Kier alpha value is -2.53. The topological polar surface area (TPSA) is 59.0 Å². The molecule has 0 radical (unpaired) electrons. The van der Waals surface area contributed by atoms with Crippen LogP contribution < -0.4 is 4.74 Å². The number of nitrogens with zero attached hydrogens (tertiary/aromatic N) is 1. The van der Waals surface area contributed by atoms with Crippen LogP contribution >= 0.6 is 0 Å². The molecule has 26 heavy (non-hydrogen) atoms. The summed E-state index contributed by atoms with van der Waals surface area (Å²) in [6, 6.07) is 14.7. The van der Waals surface area contributed by atoms with Gasteiger partial charge in [-0.05, 0) is 50.7 Å². The fourth-order valence-corrected chi connectivity index (χ4v) is 2.50. The average molecular weight is 357 g/mol. The molecule has 2 aromatic rings. The molecule has 0 aliphatic carbocycles. The lowest BCUT2D eigenvalue weighted by molar-refractivity contribution is 0.0400. The summed E-state index contributed by atoms with van der Waals surface area (Å²) < 4.78 is 11.0. The summed E-state index contributed by atoms with van der Waals surface area (Å²) in [4.78, 5) is 14.4. The van der Waals surface area contributed by atoms with Crippen molar-refractivity contribution in [2.75, 3.05) is 27.3 Å². The van der Waals surface area contributed by atoms with Gasteiger partial charge < -0.3 is 19.5 Å². The maximum Gasteiger partial charge on any atom is 0.338 e. The number of likely N-dealkylation sites (N-methyl/N-ethyl adjacent to an activating group) is 1. The zero-order chi connectivity index (χ0) is 18.9. The highest BCUT2D eigenvalue weighted by Gasteiger charge is 2.17. The van der Waals surface area contributed by atoms with Gasteiger partial charge in [-0.1, -0.05) is 37.3 Å². The van der Waals surface area contributed by atoms with Crippen molar-refractivity contribution in [3.8, 4) is 11.5 Å². The van der Waals surface area contributed by atoms with Crippen LogP contribution in [0.25, 0.3) is 0 Å². The Morgan fingerprint density at radius 3 is 2.54 bits per heavy atom. The molecule has 1 N–H and O–H groups in total. The van der Waals surface area contributed by atoms with Crippen LogP contribution in [0.5, 0.6) is 11.5 Å². The average Bonchev–Trinajstić information content (AvgIpc) is 2.64. The lowest BCUT2D eigenvalue weighted by Gasteiger charge is -2.24. The zero-order valence-corrected chi connectivity index (χ0v) is 15.6. The van der Waals surface area contributed by atoms with E-state index in [-0.39, 0.29) is 18.4 Å². The maximum atomic E-state index is 12.4. The molecule has 0 unspecified atom stereocenters. The summed E-state index contributed by atoms with van der Waals surface area (Å²) in [7, 11) is 3.94. The van der Waals surface area contributed by atoms with E-state index in [9.17, 15) is 9.90 Å². The van der Waals surface area contributed by atoms with Gasteiger partial charge in [0.15, 0.2) is 11.5 Å². The molecule has 5 heteroatoms. The number of carbonyl (C=O) groups excluding carboxylic acids is 1. The van der Waals surface area contributed by atoms with Crippen LogP contribution in [0.15, 0.2) is 48.5 Å². The third-order valence-electron chi connectivity index (χ3n) is 4.11. The van der Waals surface area contributed by atoms with Crippen LogP contribution in [0.4, 0.5) is 0 Å². The maximum absolute atomic E-state index is 12.4. The predicted molar refractivity (Wildman–Crippen MR) is 102 cm³/mol. The van der Waals surface area contributed by atoms with Gasteiger partial charge in [-0.3, -0.25) is 0 Å². The van der Waals surface area contributed by atoms with E-state index in [1.807, 2.05) is 44.1 Å². The number of phenols is 1. The minimum absolute atomic E-state index is 0.0187. The minimum Gasteiger partial charge on any atom is -0.504 e. The highest BCUT2D eigenvalue weighted by Crippen LogP contribution is 2.27. The number of benzene rings is 2. The SMILES string of the molecule is CCCOc1cc(C(=O)OC[C@H](Cc2ccccc2)N(C)C)ccc1O. The lowest BCUT2D eigenvalue weighted by atomic mass is 10.1. The molecule has 0 fully saturated rings. The normalized spacial score (nSPS) is 12.0.